The summed E-state index contributed by atoms with van der Waals surface area (Å²) in [6.07, 6.45) is -8.88. The number of benzene rings is 1. The number of carbonyl (C=O) groups is 5. The second-order valence-corrected chi connectivity index (χ2v) is 11.4. The Kier molecular flexibility index (Phi) is 7.82. The third-order valence-electron chi connectivity index (χ3n) is 8.87. The van der Waals surface area contributed by atoms with Gasteiger partial charge in [0.15, 0.2) is 35.9 Å². The number of hydrogen-bond acceptors (Lipinski definition) is 14. The molecule has 2 aliphatic heterocycles. The molecule has 0 aromatic heterocycles. The second kappa shape index (κ2) is 11.0. The van der Waals surface area contributed by atoms with Crippen molar-refractivity contribution < 1.29 is 73.6 Å². The number of aliphatic hydroxyl groups is 3. The number of hydrogen-bond donors (Lipinski definition) is 6. The number of phenols is 1. The topological polar surface area (TPSA) is 247 Å². The minimum Gasteiger partial charge on any atom is -0.504 e. The van der Waals surface area contributed by atoms with Crippen molar-refractivity contribution >= 4 is 29.8 Å². The van der Waals surface area contributed by atoms with E-state index in [-0.39, 0.29) is 29.7 Å². The number of phenolic OH excluding ortho intramolecular Hbond substituents is 1. The van der Waals surface area contributed by atoms with Gasteiger partial charge in [-0.05, 0) is 51.1 Å². The normalized spacial score (nSPS) is 29.1. The lowest BCUT2D eigenvalue weighted by Crippen LogP contribution is -2.74. The molecule has 1 fully saturated rings. The van der Waals surface area contributed by atoms with Gasteiger partial charge in [0.05, 0.1) is 17.4 Å². The smallest absolute Gasteiger partial charge is 0.348 e. The summed E-state index contributed by atoms with van der Waals surface area (Å²) in [5, 5.41) is 61.2. The molecule has 2 bridgehead atoms. The van der Waals surface area contributed by atoms with Crippen LogP contribution in [0.3, 0.4) is 0 Å². The Bertz CT molecular complexity index is 1460. The van der Waals surface area contributed by atoms with Crippen molar-refractivity contribution in [1.29, 1.82) is 0 Å². The molecule has 0 saturated carbocycles. The fraction of sp³-hybridized carbons (Fsp3) is 0.536. The highest BCUT2D eigenvalue weighted by Crippen LogP contribution is 2.65. The zero-order valence-electron chi connectivity index (χ0n) is 23.5. The van der Waals surface area contributed by atoms with Crippen LogP contribution in [-0.2, 0) is 50.0 Å². The van der Waals surface area contributed by atoms with Crippen LogP contribution < -0.4 is 4.74 Å². The average Bonchev–Trinajstić information content (AvgIpc) is 3.32. The maximum atomic E-state index is 12.9. The molecular weight excluding hydrogens is 590 g/mol. The number of likely N-dealkylation sites (N-methyl/N-ethyl adjacent to an activating group) is 1. The molecule has 16 heteroatoms. The maximum absolute atomic E-state index is 12.9. The largest absolute Gasteiger partial charge is 0.504 e. The average molecular weight is 622 g/mol. The number of piperidine rings is 1. The number of aliphatic carboxylic acids is 2. The molecule has 0 radical (unpaired) electrons. The third kappa shape index (κ3) is 4.74. The summed E-state index contributed by atoms with van der Waals surface area (Å²) in [6.45, 7) is 1.49. The Hall–Kier alpha value is -4.25. The number of nitrogens with zero attached hydrogens (tertiary/aromatic N) is 1. The lowest BCUT2D eigenvalue weighted by Gasteiger charge is -2.61. The molecule has 0 amide bonds. The van der Waals surface area contributed by atoms with Crippen LogP contribution in [0.25, 0.3) is 0 Å². The van der Waals surface area contributed by atoms with E-state index in [0.29, 0.717) is 24.9 Å². The molecule has 2 aliphatic carbocycles. The van der Waals surface area contributed by atoms with Crippen molar-refractivity contribution in [2.24, 2.45) is 0 Å². The van der Waals surface area contributed by atoms with Crippen LogP contribution >= 0.6 is 0 Å². The zero-order chi connectivity index (χ0) is 32.3. The minimum atomic E-state index is -2.56. The van der Waals surface area contributed by atoms with E-state index in [2.05, 4.69) is 9.47 Å². The van der Waals surface area contributed by atoms with E-state index >= 15 is 0 Å². The fourth-order valence-electron chi connectivity index (χ4n) is 6.74. The van der Waals surface area contributed by atoms with E-state index in [1.165, 1.54) is 12.1 Å². The van der Waals surface area contributed by atoms with E-state index in [1.807, 2.05) is 11.9 Å². The van der Waals surface area contributed by atoms with Crippen molar-refractivity contribution in [2.45, 2.75) is 80.2 Å². The summed E-state index contributed by atoms with van der Waals surface area (Å²) in [6, 6.07) is 2.92. The van der Waals surface area contributed by atoms with Crippen LogP contribution in [0.2, 0.25) is 0 Å². The van der Waals surface area contributed by atoms with E-state index in [1.54, 1.807) is 6.07 Å². The van der Waals surface area contributed by atoms with Crippen LogP contribution in [0, 0.1) is 0 Å². The molecule has 8 atom stereocenters. The van der Waals surface area contributed by atoms with Crippen molar-refractivity contribution in [2.75, 3.05) is 13.6 Å². The molecule has 5 rings (SSSR count). The molecule has 1 unspecified atom stereocenters. The van der Waals surface area contributed by atoms with Crippen LogP contribution in [0.15, 0.2) is 24.0 Å². The number of carboxylic acids is 2. The Labute approximate surface area is 249 Å². The van der Waals surface area contributed by atoms with Gasteiger partial charge in [-0.1, -0.05) is 6.07 Å². The first kappa shape index (κ1) is 31.2. The standard InChI is InChI=1S/C28H31NO15/c1-11(24(37)43-15(23(35)36)10-17(31)32)41-25(38)19(33)20(34)26(39)42-14-5-6-28(40)16-9-12-3-4-13(30)21-18(12)27(28,22(14)44-21)7-8-29(16)2/h3-5,11,15-16,19-20,22,30,33-34,40H,6-10H2,1-2H3,(H,31,32)(H,35,36)/t11-,15+,16+,19+,20+,22-,27?,28+/m0/s1. The number of ether oxygens (including phenoxy) is 4. The van der Waals surface area contributed by atoms with Crippen LogP contribution in [0.5, 0.6) is 11.5 Å². The molecular formula is C28H31NO15. The van der Waals surface area contributed by atoms with Gasteiger partial charge in [-0.2, -0.15) is 0 Å². The van der Waals surface area contributed by atoms with Gasteiger partial charge in [0.1, 0.15) is 5.76 Å². The zero-order valence-corrected chi connectivity index (χ0v) is 23.5. The van der Waals surface area contributed by atoms with Gasteiger partial charge < -0.3 is 54.5 Å². The van der Waals surface area contributed by atoms with Crippen molar-refractivity contribution in [3.63, 3.8) is 0 Å². The Morgan fingerprint density at radius 1 is 1.07 bits per heavy atom. The van der Waals surface area contributed by atoms with Crippen LogP contribution in [-0.4, -0.2) is 121 Å². The number of rotatable bonds is 10. The van der Waals surface area contributed by atoms with Gasteiger partial charge in [-0.15, -0.1) is 0 Å². The molecule has 44 heavy (non-hydrogen) atoms. The molecule has 2 heterocycles. The first-order chi connectivity index (χ1) is 20.6. The molecule has 4 aliphatic rings. The monoisotopic (exact) mass is 621 g/mol. The quantitative estimate of drug-likeness (QED) is 0.126. The summed E-state index contributed by atoms with van der Waals surface area (Å²) in [5.74, 6) is -8.09. The van der Waals surface area contributed by atoms with E-state index in [9.17, 15) is 44.4 Å². The van der Waals surface area contributed by atoms with Crippen molar-refractivity contribution in [3.05, 3.63) is 35.1 Å². The lowest BCUT2D eigenvalue weighted by atomic mass is 9.50. The van der Waals surface area contributed by atoms with Crippen molar-refractivity contribution in [1.82, 2.24) is 4.90 Å². The number of aromatic hydroxyl groups is 1. The number of carboxylic acid groups (broad SMARTS) is 2. The highest BCUT2D eigenvalue weighted by molar-refractivity contribution is 5.88. The first-order valence-electron chi connectivity index (χ1n) is 13.7. The molecule has 1 aromatic rings. The lowest BCUT2D eigenvalue weighted by molar-refractivity contribution is -0.186. The van der Waals surface area contributed by atoms with Gasteiger partial charge in [-0.3, -0.25) is 4.79 Å². The molecule has 1 spiro atoms. The summed E-state index contributed by atoms with van der Waals surface area (Å²) in [5.41, 5.74) is -0.987. The van der Waals surface area contributed by atoms with E-state index in [0.717, 1.165) is 12.5 Å². The predicted octanol–water partition coefficient (Wildman–Crippen LogP) is -1.66. The van der Waals surface area contributed by atoms with Crippen LogP contribution in [0.4, 0.5) is 0 Å². The maximum Gasteiger partial charge on any atom is 0.348 e. The summed E-state index contributed by atoms with van der Waals surface area (Å²) in [4.78, 5) is 61.4. The minimum absolute atomic E-state index is 0.0263. The van der Waals surface area contributed by atoms with Gasteiger partial charge in [-0.25, -0.2) is 19.2 Å². The van der Waals surface area contributed by atoms with Gasteiger partial charge in [0.2, 0.25) is 6.10 Å². The molecule has 1 aromatic carbocycles. The Morgan fingerprint density at radius 3 is 2.41 bits per heavy atom. The van der Waals surface area contributed by atoms with Gasteiger partial charge in [0.25, 0.3) is 0 Å². The SMILES string of the molecule is C[C@H](OC(=O)[C@H](O)[C@@H](O)C(=O)OC1=CC[C@@]2(O)[C@H]3Cc4ccc(O)c5c4C2(CCN3C)[C@H]1O5)C(=O)O[C@H](CC(=O)O)C(=O)O. The Balaban J connectivity index is 1.29. The molecule has 6 N–H and O–H groups in total. The fourth-order valence-corrected chi connectivity index (χ4v) is 6.74. The highest BCUT2D eigenvalue weighted by atomic mass is 16.6. The van der Waals surface area contributed by atoms with Gasteiger partial charge >= 0.3 is 29.8 Å². The highest BCUT2D eigenvalue weighted by Gasteiger charge is 2.72. The van der Waals surface area contributed by atoms with Gasteiger partial charge in [0, 0.05) is 18.0 Å². The molecule has 16 nitrogen and oxygen atoms in total. The Morgan fingerprint density at radius 2 is 1.75 bits per heavy atom. The van der Waals surface area contributed by atoms with E-state index < -0.39 is 77.8 Å². The summed E-state index contributed by atoms with van der Waals surface area (Å²) >= 11 is 0. The van der Waals surface area contributed by atoms with Crippen molar-refractivity contribution in [3.8, 4) is 11.5 Å². The summed E-state index contributed by atoms with van der Waals surface area (Å²) < 4.78 is 20.7. The number of aliphatic hydroxyl groups excluding tert-OH is 2. The third-order valence-corrected chi connectivity index (χ3v) is 8.87. The second-order valence-electron chi connectivity index (χ2n) is 11.4. The predicted molar refractivity (Wildman–Crippen MR) is 140 cm³/mol. The number of esters is 3. The van der Waals surface area contributed by atoms with Crippen LogP contribution in [0.1, 0.15) is 37.3 Å². The first-order valence-corrected chi connectivity index (χ1v) is 13.7. The van der Waals surface area contributed by atoms with E-state index in [4.69, 9.17) is 19.7 Å². The summed E-state index contributed by atoms with van der Waals surface area (Å²) in [7, 11) is 1.89. The number of carbonyl (C=O) groups excluding carboxylic acids is 3. The molecule has 238 valence electrons. The number of likely N-dealkylation sites (tertiary alicyclic amines) is 1. The molecule has 1 saturated heterocycles.